The molecule has 0 unspecified atom stereocenters. The lowest BCUT2D eigenvalue weighted by Gasteiger charge is -2.18. The zero-order chi connectivity index (χ0) is 15.0. The topological polar surface area (TPSA) is 34.5 Å². The molecular weight excluding hydrogens is 260 g/mol. The van der Waals surface area contributed by atoms with Crippen LogP contribution in [0.1, 0.15) is 26.3 Å². The lowest BCUT2D eigenvalue weighted by molar-refractivity contribution is 0.590. The van der Waals surface area contributed by atoms with Crippen LogP contribution in [0.2, 0.25) is 0 Å². The summed E-state index contributed by atoms with van der Waals surface area (Å²) in [6.07, 6.45) is 5.25. The predicted molar refractivity (Wildman–Crippen MR) is 83.4 cm³/mol. The van der Waals surface area contributed by atoms with Gasteiger partial charge < -0.3 is 9.25 Å². The number of aromatic nitrogens is 3. The molecule has 4 heteroatoms. The minimum absolute atomic E-state index is 0.118. The van der Waals surface area contributed by atoms with Gasteiger partial charge in [-0.25, -0.2) is 4.98 Å². The van der Waals surface area contributed by atoms with Crippen LogP contribution >= 0.6 is 0 Å². The van der Waals surface area contributed by atoms with E-state index in [1.807, 2.05) is 22.7 Å². The van der Waals surface area contributed by atoms with Gasteiger partial charge in [0.2, 0.25) is 5.69 Å². The molecule has 4 nitrogen and oxygen atoms in total. The monoisotopic (exact) mass is 276 g/mol. The SMILES string of the molecule is [C-]#[N+]c1cn2ccnc2c(-c2ccc(C(C)(C)C)cc2)n1. The molecule has 0 atom stereocenters. The second kappa shape index (κ2) is 4.71. The van der Waals surface area contributed by atoms with Crippen LogP contribution in [-0.2, 0) is 5.41 Å². The Hall–Kier alpha value is -2.67. The Morgan fingerprint density at radius 2 is 1.86 bits per heavy atom. The van der Waals surface area contributed by atoms with E-state index in [0.717, 1.165) is 16.9 Å². The van der Waals surface area contributed by atoms with Gasteiger partial charge in [0, 0.05) is 24.2 Å². The van der Waals surface area contributed by atoms with Gasteiger partial charge in [0.15, 0.2) is 5.65 Å². The third-order valence-electron chi connectivity index (χ3n) is 3.50. The van der Waals surface area contributed by atoms with E-state index in [4.69, 9.17) is 6.57 Å². The summed E-state index contributed by atoms with van der Waals surface area (Å²) in [4.78, 5) is 12.2. The van der Waals surface area contributed by atoms with Crippen molar-refractivity contribution in [2.45, 2.75) is 26.2 Å². The number of rotatable bonds is 1. The molecule has 3 aromatic rings. The number of benzene rings is 1. The van der Waals surface area contributed by atoms with Crippen molar-refractivity contribution < 1.29 is 0 Å². The fraction of sp³-hybridized carbons (Fsp3) is 0.235. The second-order valence-electron chi connectivity index (χ2n) is 6.04. The van der Waals surface area contributed by atoms with Crippen LogP contribution in [0, 0.1) is 6.57 Å². The molecule has 0 saturated carbocycles. The van der Waals surface area contributed by atoms with Gasteiger partial charge in [-0.15, -0.1) is 4.98 Å². The van der Waals surface area contributed by atoms with E-state index < -0.39 is 0 Å². The van der Waals surface area contributed by atoms with Gasteiger partial charge in [0.25, 0.3) is 5.82 Å². The smallest absolute Gasteiger partial charge is 0.287 e. The Kier molecular flexibility index (Phi) is 2.99. The van der Waals surface area contributed by atoms with Gasteiger partial charge in [-0.1, -0.05) is 51.6 Å². The summed E-state index contributed by atoms with van der Waals surface area (Å²) in [5.74, 6) is 0.371. The van der Waals surface area contributed by atoms with Crippen LogP contribution in [0.25, 0.3) is 21.7 Å². The first-order valence-electron chi connectivity index (χ1n) is 6.81. The Morgan fingerprint density at radius 3 is 2.48 bits per heavy atom. The highest BCUT2D eigenvalue weighted by atomic mass is 15.0. The van der Waals surface area contributed by atoms with Crippen molar-refractivity contribution >= 4 is 11.5 Å². The van der Waals surface area contributed by atoms with Gasteiger partial charge in [0.1, 0.15) is 0 Å². The van der Waals surface area contributed by atoms with Crippen molar-refractivity contribution in [1.82, 2.24) is 14.4 Å². The number of hydrogen-bond donors (Lipinski definition) is 0. The number of nitrogens with zero attached hydrogens (tertiary/aromatic N) is 4. The Labute approximate surface area is 123 Å². The maximum absolute atomic E-state index is 7.18. The van der Waals surface area contributed by atoms with Crippen LogP contribution in [0.3, 0.4) is 0 Å². The quantitative estimate of drug-likeness (QED) is 0.623. The first-order valence-corrected chi connectivity index (χ1v) is 6.81. The van der Waals surface area contributed by atoms with Crippen LogP contribution in [0.4, 0.5) is 5.82 Å². The Morgan fingerprint density at radius 1 is 1.14 bits per heavy atom. The number of hydrogen-bond acceptors (Lipinski definition) is 2. The molecule has 1 aromatic carbocycles. The molecular formula is C17H16N4. The van der Waals surface area contributed by atoms with Crippen LogP contribution in [0.5, 0.6) is 0 Å². The maximum atomic E-state index is 7.18. The Balaban J connectivity index is 2.16. The van der Waals surface area contributed by atoms with E-state index in [2.05, 4.69) is 47.7 Å². The molecule has 0 radical (unpaired) electrons. The number of fused-ring (bicyclic) bond motifs is 1. The summed E-state index contributed by atoms with van der Waals surface area (Å²) in [5.41, 5.74) is 3.88. The summed E-state index contributed by atoms with van der Waals surface area (Å²) in [7, 11) is 0. The third kappa shape index (κ3) is 2.38. The van der Waals surface area contributed by atoms with Crippen molar-refractivity contribution in [1.29, 1.82) is 0 Å². The van der Waals surface area contributed by atoms with E-state index in [1.54, 1.807) is 12.4 Å². The molecule has 104 valence electrons. The minimum Gasteiger partial charge on any atom is -0.359 e. The van der Waals surface area contributed by atoms with E-state index in [-0.39, 0.29) is 5.41 Å². The fourth-order valence-corrected chi connectivity index (χ4v) is 2.29. The molecule has 2 heterocycles. The molecule has 3 rings (SSSR count). The standard InChI is InChI=1S/C17H16N4/c1-17(2,3)13-7-5-12(6-8-13)15-16-19-9-10-21(16)11-14(18-4)20-15/h5-11H,1-3H3. The molecule has 2 aromatic heterocycles. The molecule has 0 aliphatic heterocycles. The lowest BCUT2D eigenvalue weighted by atomic mass is 9.86. The highest BCUT2D eigenvalue weighted by Gasteiger charge is 2.16. The highest BCUT2D eigenvalue weighted by Crippen LogP contribution is 2.28. The molecule has 0 aliphatic carbocycles. The summed E-state index contributed by atoms with van der Waals surface area (Å²) < 4.78 is 1.84. The summed E-state index contributed by atoms with van der Waals surface area (Å²) in [6, 6.07) is 8.32. The van der Waals surface area contributed by atoms with E-state index in [9.17, 15) is 0 Å². The van der Waals surface area contributed by atoms with Crippen molar-refractivity contribution in [3.8, 4) is 11.3 Å². The highest BCUT2D eigenvalue weighted by molar-refractivity contribution is 5.75. The predicted octanol–water partition coefficient (Wildman–Crippen LogP) is 4.24. The van der Waals surface area contributed by atoms with Crippen molar-refractivity contribution in [2.75, 3.05) is 0 Å². The van der Waals surface area contributed by atoms with Crippen molar-refractivity contribution in [3.63, 3.8) is 0 Å². The summed E-state index contributed by atoms with van der Waals surface area (Å²) in [6.45, 7) is 13.7. The molecule has 0 bridgehead atoms. The summed E-state index contributed by atoms with van der Waals surface area (Å²) >= 11 is 0. The summed E-state index contributed by atoms with van der Waals surface area (Å²) in [5, 5.41) is 0. The van der Waals surface area contributed by atoms with Crippen LogP contribution < -0.4 is 0 Å². The van der Waals surface area contributed by atoms with Crippen molar-refractivity contribution in [2.24, 2.45) is 0 Å². The van der Waals surface area contributed by atoms with Gasteiger partial charge in [0.05, 0.1) is 0 Å². The van der Waals surface area contributed by atoms with Crippen molar-refractivity contribution in [3.05, 3.63) is 59.8 Å². The van der Waals surface area contributed by atoms with E-state index >= 15 is 0 Å². The lowest BCUT2D eigenvalue weighted by Crippen LogP contribution is -2.10. The molecule has 0 N–H and O–H groups in total. The largest absolute Gasteiger partial charge is 0.359 e. The average molecular weight is 276 g/mol. The zero-order valence-corrected chi connectivity index (χ0v) is 12.3. The average Bonchev–Trinajstić information content (AvgIpc) is 2.93. The maximum Gasteiger partial charge on any atom is 0.287 e. The van der Waals surface area contributed by atoms with Crippen LogP contribution in [-0.4, -0.2) is 14.4 Å². The zero-order valence-electron chi connectivity index (χ0n) is 12.3. The van der Waals surface area contributed by atoms with E-state index in [0.29, 0.717) is 5.82 Å². The van der Waals surface area contributed by atoms with Gasteiger partial charge in [-0.05, 0) is 11.0 Å². The minimum atomic E-state index is 0.118. The fourth-order valence-electron chi connectivity index (χ4n) is 2.29. The normalized spacial score (nSPS) is 11.5. The number of imidazole rings is 1. The van der Waals surface area contributed by atoms with Gasteiger partial charge in [-0.3, -0.25) is 0 Å². The first-order chi connectivity index (χ1) is 9.99. The molecule has 0 aliphatic rings. The molecule has 0 spiro atoms. The first kappa shape index (κ1) is 13.3. The molecule has 0 saturated heterocycles. The molecule has 0 fully saturated rings. The molecule has 21 heavy (non-hydrogen) atoms. The second-order valence-corrected chi connectivity index (χ2v) is 6.04. The Bertz CT molecular complexity index is 830. The third-order valence-corrected chi connectivity index (χ3v) is 3.50. The van der Waals surface area contributed by atoms with Gasteiger partial charge >= 0.3 is 0 Å². The van der Waals surface area contributed by atoms with Gasteiger partial charge in [-0.2, -0.15) is 0 Å². The van der Waals surface area contributed by atoms with Crippen LogP contribution in [0.15, 0.2) is 42.9 Å². The molecule has 0 amide bonds. The van der Waals surface area contributed by atoms with E-state index in [1.165, 1.54) is 5.56 Å².